The number of nitrogens with one attached hydrogen (secondary N) is 1. The first-order valence-electron chi connectivity index (χ1n) is 9.62. The van der Waals surface area contributed by atoms with Crippen LogP contribution < -0.4 is 15.0 Å². The summed E-state index contributed by atoms with van der Waals surface area (Å²) in [6.45, 7) is 10.1. The van der Waals surface area contributed by atoms with Crippen molar-refractivity contribution in [3.63, 3.8) is 0 Å². The van der Waals surface area contributed by atoms with E-state index in [4.69, 9.17) is 9.47 Å². The van der Waals surface area contributed by atoms with Gasteiger partial charge in [0.1, 0.15) is 6.61 Å². The number of nitrogens with zero attached hydrogens (tertiary/aromatic N) is 1. The molecule has 1 heterocycles. The van der Waals surface area contributed by atoms with Crippen LogP contribution in [0.5, 0.6) is 11.5 Å². The van der Waals surface area contributed by atoms with Gasteiger partial charge in [0.05, 0.1) is 16.5 Å². The maximum atomic E-state index is 12.5. The number of pyridine rings is 1. The average Bonchev–Trinajstić information content (AvgIpc) is 2.62. The van der Waals surface area contributed by atoms with E-state index >= 15 is 0 Å². The van der Waals surface area contributed by atoms with E-state index in [1.165, 1.54) is 23.3 Å². The van der Waals surface area contributed by atoms with Gasteiger partial charge in [0.2, 0.25) is 5.75 Å². The Kier molecular flexibility index (Phi) is 7.59. The largest absolute Gasteiger partial charge is 0.485 e. The number of nitro benzene ring substituents is 1. The summed E-state index contributed by atoms with van der Waals surface area (Å²) in [6, 6.07) is 4.27. The summed E-state index contributed by atoms with van der Waals surface area (Å²) in [5, 5.41) is 11.6. The first-order chi connectivity index (χ1) is 13.7. The Bertz CT molecular complexity index is 998. The Morgan fingerprint density at radius 1 is 1.21 bits per heavy atom. The molecular formula is C22H28N2O5. The van der Waals surface area contributed by atoms with E-state index in [0.717, 1.165) is 12.8 Å². The second-order valence-electron chi connectivity index (χ2n) is 7.45. The molecule has 0 aliphatic rings. The maximum absolute atomic E-state index is 12.5. The summed E-state index contributed by atoms with van der Waals surface area (Å²) in [4.78, 5) is 25.7. The molecule has 1 aromatic heterocycles. The van der Waals surface area contributed by atoms with Crippen molar-refractivity contribution in [1.29, 1.82) is 0 Å². The molecule has 0 aliphatic carbocycles. The zero-order valence-electron chi connectivity index (χ0n) is 17.6. The van der Waals surface area contributed by atoms with E-state index in [1.54, 1.807) is 6.07 Å². The van der Waals surface area contributed by atoms with Crippen molar-refractivity contribution in [1.82, 2.24) is 4.98 Å². The van der Waals surface area contributed by atoms with Crippen molar-refractivity contribution in [3.8, 4) is 11.5 Å². The number of rotatable bonds is 9. The van der Waals surface area contributed by atoms with Gasteiger partial charge >= 0.3 is 0 Å². The van der Waals surface area contributed by atoms with Crippen LogP contribution in [-0.4, -0.2) is 22.6 Å². The SMILES string of the molecule is CC(C)=CCC/C(C)=C/COc1c(OC(C)C)c(=O)[nH]c2cc([N+](=O)[O-])ccc12. The van der Waals surface area contributed by atoms with Crippen LogP contribution in [0.25, 0.3) is 10.9 Å². The van der Waals surface area contributed by atoms with Crippen LogP contribution in [0.15, 0.2) is 46.3 Å². The Morgan fingerprint density at radius 3 is 2.55 bits per heavy atom. The van der Waals surface area contributed by atoms with E-state index in [2.05, 4.69) is 24.9 Å². The molecule has 1 aromatic carbocycles. The molecular weight excluding hydrogens is 372 g/mol. The molecule has 29 heavy (non-hydrogen) atoms. The highest BCUT2D eigenvalue weighted by molar-refractivity contribution is 5.88. The summed E-state index contributed by atoms with van der Waals surface area (Å²) in [5.41, 5.74) is 2.21. The van der Waals surface area contributed by atoms with Gasteiger partial charge in [0, 0.05) is 17.5 Å². The predicted molar refractivity (Wildman–Crippen MR) is 115 cm³/mol. The second-order valence-corrected chi connectivity index (χ2v) is 7.45. The monoisotopic (exact) mass is 400 g/mol. The van der Waals surface area contributed by atoms with Gasteiger partial charge in [-0.3, -0.25) is 14.9 Å². The molecule has 0 radical (unpaired) electrons. The van der Waals surface area contributed by atoms with Gasteiger partial charge in [0.25, 0.3) is 11.2 Å². The third-order valence-electron chi connectivity index (χ3n) is 4.22. The molecule has 0 fully saturated rings. The van der Waals surface area contributed by atoms with E-state index in [9.17, 15) is 14.9 Å². The average molecular weight is 400 g/mol. The molecule has 0 aliphatic heterocycles. The highest BCUT2D eigenvalue weighted by Gasteiger charge is 2.18. The third-order valence-corrected chi connectivity index (χ3v) is 4.22. The summed E-state index contributed by atoms with van der Waals surface area (Å²) in [6.07, 6.45) is 5.81. The van der Waals surface area contributed by atoms with E-state index < -0.39 is 10.5 Å². The van der Waals surface area contributed by atoms with Gasteiger partial charge in [-0.1, -0.05) is 17.2 Å². The zero-order valence-corrected chi connectivity index (χ0v) is 17.6. The van der Waals surface area contributed by atoms with Crippen molar-refractivity contribution in [3.05, 3.63) is 62.0 Å². The molecule has 0 saturated heterocycles. The standard InChI is InChI=1S/C22H28N2O5/c1-14(2)7-6-8-16(5)11-12-28-20-18-10-9-17(24(26)27)13-19(18)23-22(25)21(20)29-15(3)4/h7,9-11,13,15H,6,8,12H2,1-5H3,(H,23,25)/b16-11+. The first kappa shape index (κ1) is 22.2. The third kappa shape index (κ3) is 6.20. The Morgan fingerprint density at radius 2 is 1.93 bits per heavy atom. The Balaban J connectivity index is 2.36. The summed E-state index contributed by atoms with van der Waals surface area (Å²) < 4.78 is 11.6. The van der Waals surface area contributed by atoms with Crippen molar-refractivity contribution >= 4 is 16.6 Å². The van der Waals surface area contributed by atoms with Crippen LogP contribution in [0.3, 0.4) is 0 Å². The highest BCUT2D eigenvalue weighted by Crippen LogP contribution is 2.34. The normalized spacial score (nSPS) is 11.6. The van der Waals surface area contributed by atoms with E-state index in [-0.39, 0.29) is 24.1 Å². The fraction of sp³-hybridized carbons (Fsp3) is 0.409. The molecule has 0 saturated carbocycles. The number of nitro groups is 1. The molecule has 1 N–H and O–H groups in total. The van der Waals surface area contributed by atoms with Gasteiger partial charge in [-0.25, -0.2) is 0 Å². The highest BCUT2D eigenvalue weighted by atomic mass is 16.6. The zero-order chi connectivity index (χ0) is 21.6. The molecule has 0 amide bonds. The Hall–Kier alpha value is -3.09. The quantitative estimate of drug-likeness (QED) is 0.350. The molecule has 0 unspecified atom stereocenters. The Labute approximate surface area is 170 Å². The van der Waals surface area contributed by atoms with E-state index in [1.807, 2.05) is 26.8 Å². The summed E-state index contributed by atoms with van der Waals surface area (Å²) in [5.74, 6) is 0.373. The lowest BCUT2D eigenvalue weighted by molar-refractivity contribution is -0.384. The molecule has 2 rings (SSSR count). The number of benzene rings is 1. The van der Waals surface area contributed by atoms with Crippen molar-refractivity contribution in [2.75, 3.05) is 6.61 Å². The first-order valence-corrected chi connectivity index (χ1v) is 9.62. The fourth-order valence-electron chi connectivity index (χ4n) is 2.80. The number of aromatic nitrogens is 1. The molecule has 7 heteroatoms. The number of aromatic amines is 1. The number of allylic oxidation sites excluding steroid dienone is 3. The van der Waals surface area contributed by atoms with Crippen LogP contribution in [0.2, 0.25) is 0 Å². The molecule has 2 aromatic rings. The molecule has 7 nitrogen and oxygen atoms in total. The van der Waals surface area contributed by atoms with Crippen LogP contribution in [0.4, 0.5) is 5.69 Å². The van der Waals surface area contributed by atoms with Gasteiger partial charge in [-0.05, 0) is 59.6 Å². The number of ether oxygens (including phenoxy) is 2. The molecule has 0 bridgehead atoms. The van der Waals surface area contributed by atoms with Gasteiger partial charge in [-0.15, -0.1) is 0 Å². The summed E-state index contributed by atoms with van der Waals surface area (Å²) in [7, 11) is 0. The second kappa shape index (κ2) is 9.91. The van der Waals surface area contributed by atoms with Gasteiger partial charge in [-0.2, -0.15) is 0 Å². The maximum Gasteiger partial charge on any atom is 0.294 e. The predicted octanol–water partition coefficient (Wildman–Crippen LogP) is 5.30. The van der Waals surface area contributed by atoms with Crippen LogP contribution in [0.1, 0.15) is 47.5 Å². The fourth-order valence-corrected chi connectivity index (χ4v) is 2.80. The number of non-ortho nitro benzene ring substituents is 1. The number of H-pyrrole nitrogens is 1. The van der Waals surface area contributed by atoms with Crippen LogP contribution >= 0.6 is 0 Å². The van der Waals surface area contributed by atoms with Crippen LogP contribution in [-0.2, 0) is 0 Å². The molecule has 0 atom stereocenters. The van der Waals surface area contributed by atoms with Crippen molar-refractivity contribution in [2.45, 2.75) is 53.6 Å². The van der Waals surface area contributed by atoms with Crippen LogP contribution in [0, 0.1) is 10.1 Å². The van der Waals surface area contributed by atoms with Gasteiger partial charge < -0.3 is 14.5 Å². The minimum atomic E-state index is -0.505. The topological polar surface area (TPSA) is 94.5 Å². The molecule has 156 valence electrons. The van der Waals surface area contributed by atoms with Crippen molar-refractivity contribution in [2.24, 2.45) is 0 Å². The minimum absolute atomic E-state index is 0.0805. The smallest absolute Gasteiger partial charge is 0.294 e. The lowest BCUT2D eigenvalue weighted by Crippen LogP contribution is -2.18. The number of fused-ring (bicyclic) bond motifs is 1. The van der Waals surface area contributed by atoms with E-state index in [0.29, 0.717) is 16.7 Å². The molecule has 0 spiro atoms. The lowest BCUT2D eigenvalue weighted by atomic mass is 10.1. The number of hydrogen-bond donors (Lipinski definition) is 1. The number of hydrogen-bond acceptors (Lipinski definition) is 5. The minimum Gasteiger partial charge on any atom is -0.485 e. The lowest BCUT2D eigenvalue weighted by Gasteiger charge is -2.15. The van der Waals surface area contributed by atoms with Gasteiger partial charge in [0.15, 0.2) is 5.75 Å². The van der Waals surface area contributed by atoms with Crippen molar-refractivity contribution < 1.29 is 14.4 Å². The summed E-state index contributed by atoms with van der Waals surface area (Å²) >= 11 is 0.